The van der Waals surface area contributed by atoms with E-state index in [0.29, 0.717) is 11.8 Å². The van der Waals surface area contributed by atoms with Gasteiger partial charge >= 0.3 is 6.09 Å². The largest absolute Gasteiger partial charge is 0.465 e. The quantitative estimate of drug-likeness (QED) is 0.677. The Kier molecular flexibility index (Phi) is 2.97. The van der Waals surface area contributed by atoms with Gasteiger partial charge in [-0.3, -0.25) is 5.32 Å². The van der Waals surface area contributed by atoms with Crippen molar-refractivity contribution in [1.82, 2.24) is 4.98 Å². The Bertz CT molecular complexity index is 325. The number of aromatic nitrogens is 1. The number of carbonyl (C=O) groups excluding carboxylic acids is 1. The van der Waals surface area contributed by atoms with Gasteiger partial charge in [0.2, 0.25) is 0 Å². The van der Waals surface area contributed by atoms with E-state index in [1.54, 1.807) is 12.1 Å². The van der Waals surface area contributed by atoms with Crippen LogP contribution in [-0.2, 0) is 11.2 Å². The number of hydrogen-bond acceptors (Lipinski definition) is 3. The molecule has 0 atom stereocenters. The first-order valence-electron chi connectivity index (χ1n) is 3.61. The van der Waals surface area contributed by atoms with Crippen molar-refractivity contribution in [2.24, 2.45) is 0 Å². The average Bonchev–Trinajstić information content (AvgIpc) is 2.08. The minimum atomic E-state index is -1.19. The summed E-state index contributed by atoms with van der Waals surface area (Å²) in [5.41, 5.74) is 0.569. The fourth-order valence-corrected chi connectivity index (χ4v) is 0.907. The molecule has 13 heavy (non-hydrogen) atoms. The van der Waals surface area contributed by atoms with Crippen LogP contribution in [0.3, 0.4) is 0 Å². The molecule has 0 unspecified atom stereocenters. The molecule has 0 aliphatic heterocycles. The molecule has 1 aromatic rings. The smallest absolute Gasteiger partial charge is 0.410 e. The maximum atomic E-state index is 10.3. The first-order valence-corrected chi connectivity index (χ1v) is 3.61. The molecule has 0 saturated heterocycles. The number of aldehydes is 1. The molecule has 0 fully saturated rings. The zero-order valence-electron chi connectivity index (χ0n) is 6.73. The zero-order valence-corrected chi connectivity index (χ0v) is 6.73. The lowest BCUT2D eigenvalue weighted by Gasteiger charge is -2.03. The Morgan fingerprint density at radius 3 is 3.08 bits per heavy atom. The van der Waals surface area contributed by atoms with Crippen LogP contribution in [0.5, 0.6) is 0 Å². The van der Waals surface area contributed by atoms with Gasteiger partial charge in [0, 0.05) is 18.2 Å². The maximum absolute atomic E-state index is 10.3. The SMILES string of the molecule is O=CCc1cccnc1NC(=O)O. The lowest BCUT2D eigenvalue weighted by molar-refractivity contribution is -0.107. The Morgan fingerprint density at radius 1 is 1.69 bits per heavy atom. The lowest BCUT2D eigenvalue weighted by atomic mass is 10.2. The van der Waals surface area contributed by atoms with Crippen molar-refractivity contribution in [3.63, 3.8) is 0 Å². The molecule has 1 heterocycles. The number of hydrogen-bond donors (Lipinski definition) is 2. The Morgan fingerprint density at radius 2 is 2.46 bits per heavy atom. The van der Waals surface area contributed by atoms with E-state index in [2.05, 4.69) is 10.3 Å². The predicted molar refractivity (Wildman–Crippen MR) is 45.7 cm³/mol. The van der Waals surface area contributed by atoms with Crippen LogP contribution < -0.4 is 5.32 Å². The molecule has 0 saturated carbocycles. The van der Waals surface area contributed by atoms with Crippen LogP contribution in [0.2, 0.25) is 0 Å². The highest BCUT2D eigenvalue weighted by Crippen LogP contribution is 2.10. The molecule has 0 aromatic carbocycles. The highest BCUT2D eigenvalue weighted by atomic mass is 16.4. The fraction of sp³-hybridized carbons (Fsp3) is 0.125. The van der Waals surface area contributed by atoms with Gasteiger partial charge in [-0.05, 0) is 6.07 Å². The third-order valence-electron chi connectivity index (χ3n) is 1.42. The summed E-state index contributed by atoms with van der Waals surface area (Å²) in [7, 11) is 0. The summed E-state index contributed by atoms with van der Waals surface area (Å²) in [6.45, 7) is 0. The first kappa shape index (κ1) is 9.18. The van der Waals surface area contributed by atoms with Crippen molar-refractivity contribution >= 4 is 18.2 Å². The molecular formula is C8H8N2O3. The summed E-state index contributed by atoms with van der Waals surface area (Å²) in [6, 6.07) is 3.29. The fourth-order valence-electron chi connectivity index (χ4n) is 0.907. The molecular weight excluding hydrogens is 172 g/mol. The Balaban J connectivity index is 2.90. The van der Waals surface area contributed by atoms with Crippen molar-refractivity contribution in [2.45, 2.75) is 6.42 Å². The van der Waals surface area contributed by atoms with Crippen LogP contribution in [0.4, 0.5) is 10.6 Å². The van der Waals surface area contributed by atoms with Crippen LogP contribution in [0.1, 0.15) is 5.56 Å². The van der Waals surface area contributed by atoms with Crippen molar-refractivity contribution in [3.8, 4) is 0 Å². The molecule has 0 radical (unpaired) electrons. The topological polar surface area (TPSA) is 79.3 Å². The third-order valence-corrected chi connectivity index (χ3v) is 1.42. The van der Waals surface area contributed by atoms with E-state index < -0.39 is 6.09 Å². The number of amides is 1. The van der Waals surface area contributed by atoms with Crippen molar-refractivity contribution in [3.05, 3.63) is 23.9 Å². The van der Waals surface area contributed by atoms with E-state index >= 15 is 0 Å². The number of nitrogens with zero attached hydrogens (tertiary/aromatic N) is 1. The molecule has 68 valence electrons. The molecule has 0 aliphatic rings. The maximum Gasteiger partial charge on any atom is 0.410 e. The Hall–Kier alpha value is -1.91. The van der Waals surface area contributed by atoms with Crippen LogP contribution in [0.15, 0.2) is 18.3 Å². The number of carboxylic acid groups (broad SMARTS) is 1. The van der Waals surface area contributed by atoms with Gasteiger partial charge < -0.3 is 9.90 Å². The van der Waals surface area contributed by atoms with Crippen LogP contribution in [-0.4, -0.2) is 22.5 Å². The zero-order chi connectivity index (χ0) is 9.68. The average molecular weight is 180 g/mol. The minimum Gasteiger partial charge on any atom is -0.465 e. The number of anilines is 1. The number of carbonyl (C=O) groups is 2. The lowest BCUT2D eigenvalue weighted by Crippen LogP contribution is -2.11. The van der Waals surface area contributed by atoms with Crippen LogP contribution >= 0.6 is 0 Å². The second-order valence-corrected chi connectivity index (χ2v) is 2.31. The summed E-state index contributed by atoms with van der Waals surface area (Å²) >= 11 is 0. The normalized spacial score (nSPS) is 9.23. The summed E-state index contributed by atoms with van der Waals surface area (Å²) < 4.78 is 0. The summed E-state index contributed by atoms with van der Waals surface area (Å²) in [6.07, 6.45) is 1.12. The van der Waals surface area contributed by atoms with Gasteiger partial charge in [0.25, 0.3) is 0 Å². The summed E-state index contributed by atoms with van der Waals surface area (Å²) in [5.74, 6) is 0.210. The van der Waals surface area contributed by atoms with Gasteiger partial charge in [0.15, 0.2) is 0 Å². The molecule has 2 N–H and O–H groups in total. The number of nitrogens with one attached hydrogen (secondary N) is 1. The van der Waals surface area contributed by atoms with E-state index in [9.17, 15) is 9.59 Å². The standard InChI is InChI=1S/C8H8N2O3/c11-5-3-6-2-1-4-9-7(6)10-8(12)13/h1-2,4-5H,3H2,(H,9,10)(H,12,13). The van der Waals surface area contributed by atoms with Gasteiger partial charge in [0.05, 0.1) is 0 Å². The van der Waals surface area contributed by atoms with Crippen molar-refractivity contribution in [2.75, 3.05) is 5.32 Å². The van der Waals surface area contributed by atoms with Gasteiger partial charge in [-0.25, -0.2) is 9.78 Å². The number of rotatable bonds is 3. The monoisotopic (exact) mass is 180 g/mol. The van der Waals surface area contributed by atoms with Gasteiger partial charge in [0.1, 0.15) is 12.1 Å². The highest BCUT2D eigenvalue weighted by Gasteiger charge is 2.04. The summed E-state index contributed by atoms with van der Waals surface area (Å²) in [4.78, 5) is 24.3. The molecule has 1 rings (SSSR count). The van der Waals surface area contributed by atoms with E-state index in [-0.39, 0.29) is 12.2 Å². The molecule has 0 spiro atoms. The van der Waals surface area contributed by atoms with Gasteiger partial charge in [-0.15, -0.1) is 0 Å². The number of pyridine rings is 1. The highest BCUT2D eigenvalue weighted by molar-refractivity contribution is 5.83. The van der Waals surface area contributed by atoms with Gasteiger partial charge in [-0.1, -0.05) is 6.07 Å². The molecule has 0 aliphatic carbocycles. The van der Waals surface area contributed by atoms with Crippen molar-refractivity contribution < 1.29 is 14.7 Å². The third kappa shape index (κ3) is 2.55. The van der Waals surface area contributed by atoms with Crippen LogP contribution in [0.25, 0.3) is 0 Å². The van der Waals surface area contributed by atoms with Crippen molar-refractivity contribution in [1.29, 1.82) is 0 Å². The molecule has 0 bridgehead atoms. The first-order chi connectivity index (χ1) is 6.24. The molecule has 1 aromatic heterocycles. The van der Waals surface area contributed by atoms with E-state index in [0.717, 1.165) is 0 Å². The second kappa shape index (κ2) is 4.20. The molecule has 5 nitrogen and oxygen atoms in total. The summed E-state index contributed by atoms with van der Waals surface area (Å²) in [5, 5.41) is 10.5. The minimum absolute atomic E-state index is 0.156. The molecule has 1 amide bonds. The van der Waals surface area contributed by atoms with Crippen LogP contribution in [0, 0.1) is 0 Å². The van der Waals surface area contributed by atoms with E-state index in [1.165, 1.54) is 6.20 Å². The van der Waals surface area contributed by atoms with Gasteiger partial charge in [-0.2, -0.15) is 0 Å². The Labute approximate surface area is 74.4 Å². The molecule has 5 heteroatoms. The predicted octanol–water partition coefficient (Wildman–Crippen LogP) is 0.913. The van der Waals surface area contributed by atoms with E-state index in [1.807, 2.05) is 0 Å². The second-order valence-electron chi connectivity index (χ2n) is 2.31. The van der Waals surface area contributed by atoms with E-state index in [4.69, 9.17) is 5.11 Å².